The molecule has 6 heteroatoms. The molecule has 112 valence electrons. The van der Waals surface area contributed by atoms with Crippen molar-refractivity contribution in [2.24, 2.45) is 0 Å². The quantitative estimate of drug-likeness (QED) is 0.695. The van der Waals surface area contributed by atoms with Crippen molar-refractivity contribution in [3.63, 3.8) is 0 Å². The minimum absolute atomic E-state index is 0.413. The molecule has 0 spiro atoms. The Labute approximate surface area is 138 Å². The first kappa shape index (κ1) is 16.0. The molecule has 0 unspecified atom stereocenters. The van der Waals surface area contributed by atoms with Gasteiger partial charge in [0.1, 0.15) is 18.2 Å². The summed E-state index contributed by atoms with van der Waals surface area (Å²) in [6.07, 6.45) is 0. The van der Waals surface area contributed by atoms with Crippen LogP contribution in [0.2, 0.25) is 0 Å². The van der Waals surface area contributed by atoms with Crippen LogP contribution in [-0.2, 0) is 11.3 Å². The second kappa shape index (κ2) is 8.14. The van der Waals surface area contributed by atoms with Gasteiger partial charge in [0.25, 0.3) is 0 Å². The zero-order valence-electron chi connectivity index (χ0n) is 12.2. The number of anilines is 3. The largest absolute Gasteiger partial charge is 0.374 e. The van der Waals surface area contributed by atoms with E-state index in [1.165, 1.54) is 0 Å². The molecule has 21 heavy (non-hydrogen) atoms. The molecule has 0 aliphatic rings. The summed E-state index contributed by atoms with van der Waals surface area (Å²) in [6, 6.07) is 9.99. The molecule has 0 saturated carbocycles. The standard InChI is InChI=1S/C15H19IN4O/c1-3-17-13-9-14(20-15(19-13)10-21-4-2)18-12-8-6-5-7-11(12)16/h5-9H,3-4,10H2,1-2H3,(H2,17,18,19,20). The SMILES string of the molecule is CCNc1cc(Nc2ccccc2I)nc(COCC)n1. The number of aromatic nitrogens is 2. The van der Waals surface area contributed by atoms with Gasteiger partial charge in [0.05, 0.1) is 5.69 Å². The molecule has 1 aromatic carbocycles. The second-order valence-electron chi connectivity index (χ2n) is 4.33. The van der Waals surface area contributed by atoms with E-state index in [-0.39, 0.29) is 0 Å². The fourth-order valence-electron chi connectivity index (χ4n) is 1.79. The molecule has 0 aliphatic heterocycles. The Hall–Kier alpha value is -1.41. The Kier molecular flexibility index (Phi) is 6.19. The van der Waals surface area contributed by atoms with E-state index in [1.807, 2.05) is 38.1 Å². The van der Waals surface area contributed by atoms with Crippen LogP contribution in [0, 0.1) is 3.57 Å². The molecule has 5 nitrogen and oxygen atoms in total. The highest BCUT2D eigenvalue weighted by Crippen LogP contribution is 2.22. The Morgan fingerprint density at radius 1 is 1.14 bits per heavy atom. The van der Waals surface area contributed by atoms with Crippen molar-refractivity contribution < 1.29 is 4.74 Å². The normalized spacial score (nSPS) is 10.4. The highest BCUT2D eigenvalue weighted by atomic mass is 127. The third-order valence-corrected chi connectivity index (χ3v) is 3.64. The second-order valence-corrected chi connectivity index (χ2v) is 5.49. The first-order valence-electron chi connectivity index (χ1n) is 6.94. The summed E-state index contributed by atoms with van der Waals surface area (Å²) in [7, 11) is 0. The summed E-state index contributed by atoms with van der Waals surface area (Å²) in [5.41, 5.74) is 1.03. The molecule has 1 heterocycles. The van der Waals surface area contributed by atoms with E-state index in [9.17, 15) is 0 Å². The number of hydrogen-bond acceptors (Lipinski definition) is 5. The summed E-state index contributed by atoms with van der Waals surface area (Å²) in [5, 5.41) is 6.55. The van der Waals surface area contributed by atoms with Crippen molar-refractivity contribution in [2.75, 3.05) is 23.8 Å². The van der Waals surface area contributed by atoms with E-state index >= 15 is 0 Å². The third-order valence-electron chi connectivity index (χ3n) is 2.70. The molecule has 0 amide bonds. The van der Waals surface area contributed by atoms with Crippen LogP contribution in [0.1, 0.15) is 19.7 Å². The predicted molar refractivity (Wildman–Crippen MR) is 94.0 cm³/mol. The van der Waals surface area contributed by atoms with Gasteiger partial charge in [-0.1, -0.05) is 12.1 Å². The molecule has 0 atom stereocenters. The lowest BCUT2D eigenvalue weighted by Crippen LogP contribution is -2.07. The fourth-order valence-corrected chi connectivity index (χ4v) is 2.31. The summed E-state index contributed by atoms with van der Waals surface area (Å²) in [6.45, 7) is 5.87. The van der Waals surface area contributed by atoms with Crippen LogP contribution >= 0.6 is 22.6 Å². The van der Waals surface area contributed by atoms with Crippen LogP contribution in [-0.4, -0.2) is 23.1 Å². The van der Waals surface area contributed by atoms with E-state index in [4.69, 9.17) is 4.74 Å². The average Bonchev–Trinajstić information content (AvgIpc) is 2.48. The van der Waals surface area contributed by atoms with Crippen LogP contribution < -0.4 is 10.6 Å². The van der Waals surface area contributed by atoms with Crippen LogP contribution in [0.3, 0.4) is 0 Å². The van der Waals surface area contributed by atoms with E-state index in [0.717, 1.165) is 27.4 Å². The lowest BCUT2D eigenvalue weighted by Gasteiger charge is -2.11. The Balaban J connectivity index is 2.24. The Morgan fingerprint density at radius 3 is 2.62 bits per heavy atom. The zero-order chi connectivity index (χ0) is 15.1. The number of nitrogens with one attached hydrogen (secondary N) is 2. The molecule has 0 radical (unpaired) electrons. The van der Waals surface area contributed by atoms with E-state index in [0.29, 0.717) is 19.0 Å². The smallest absolute Gasteiger partial charge is 0.158 e. The maximum Gasteiger partial charge on any atom is 0.158 e. The monoisotopic (exact) mass is 398 g/mol. The lowest BCUT2D eigenvalue weighted by molar-refractivity contribution is 0.128. The number of benzene rings is 1. The van der Waals surface area contributed by atoms with Crippen molar-refractivity contribution in [2.45, 2.75) is 20.5 Å². The third kappa shape index (κ3) is 4.82. The van der Waals surface area contributed by atoms with Crippen LogP contribution in [0.15, 0.2) is 30.3 Å². The number of para-hydroxylation sites is 1. The summed E-state index contributed by atoms with van der Waals surface area (Å²) < 4.78 is 6.54. The molecule has 2 aromatic rings. The van der Waals surface area contributed by atoms with Crippen LogP contribution in [0.5, 0.6) is 0 Å². The number of hydrogen-bond donors (Lipinski definition) is 2. The van der Waals surface area contributed by atoms with Crippen molar-refractivity contribution in [3.8, 4) is 0 Å². The zero-order valence-corrected chi connectivity index (χ0v) is 14.3. The minimum atomic E-state index is 0.413. The van der Waals surface area contributed by atoms with E-state index < -0.39 is 0 Å². The highest BCUT2D eigenvalue weighted by molar-refractivity contribution is 14.1. The van der Waals surface area contributed by atoms with Gasteiger partial charge in [0.2, 0.25) is 0 Å². The summed E-state index contributed by atoms with van der Waals surface area (Å²) >= 11 is 2.30. The highest BCUT2D eigenvalue weighted by Gasteiger charge is 2.06. The summed E-state index contributed by atoms with van der Waals surface area (Å²) in [5.74, 6) is 2.24. The van der Waals surface area contributed by atoms with Gasteiger partial charge in [0, 0.05) is 22.8 Å². The van der Waals surface area contributed by atoms with E-state index in [2.05, 4.69) is 49.3 Å². The maximum atomic E-state index is 5.40. The first-order valence-corrected chi connectivity index (χ1v) is 8.02. The molecule has 0 saturated heterocycles. The molecule has 2 N–H and O–H groups in total. The van der Waals surface area contributed by atoms with E-state index in [1.54, 1.807) is 0 Å². The van der Waals surface area contributed by atoms with Gasteiger partial charge in [-0.05, 0) is 48.6 Å². The van der Waals surface area contributed by atoms with Crippen LogP contribution in [0.25, 0.3) is 0 Å². The topological polar surface area (TPSA) is 59.1 Å². The van der Waals surface area contributed by atoms with Crippen LogP contribution in [0.4, 0.5) is 17.3 Å². The van der Waals surface area contributed by atoms with Gasteiger partial charge in [-0.25, -0.2) is 9.97 Å². The van der Waals surface area contributed by atoms with Gasteiger partial charge in [0.15, 0.2) is 5.82 Å². The number of halogens is 1. The summed E-state index contributed by atoms with van der Waals surface area (Å²) in [4.78, 5) is 8.93. The van der Waals surface area contributed by atoms with Crippen molar-refractivity contribution >= 4 is 39.9 Å². The van der Waals surface area contributed by atoms with Gasteiger partial charge >= 0.3 is 0 Å². The minimum Gasteiger partial charge on any atom is -0.374 e. The lowest BCUT2D eigenvalue weighted by atomic mass is 10.3. The van der Waals surface area contributed by atoms with Gasteiger partial charge in [-0.2, -0.15) is 0 Å². The van der Waals surface area contributed by atoms with Gasteiger partial charge in [-0.3, -0.25) is 0 Å². The Morgan fingerprint density at radius 2 is 1.90 bits per heavy atom. The maximum absolute atomic E-state index is 5.40. The molecule has 2 rings (SSSR count). The van der Waals surface area contributed by atoms with Crippen molar-refractivity contribution in [1.82, 2.24) is 9.97 Å². The number of rotatable bonds is 7. The predicted octanol–water partition coefficient (Wildman–Crippen LogP) is 3.79. The average molecular weight is 398 g/mol. The van der Waals surface area contributed by atoms with Gasteiger partial charge < -0.3 is 15.4 Å². The molecule has 0 aliphatic carbocycles. The molecule has 0 fully saturated rings. The molecule has 1 aromatic heterocycles. The number of nitrogens with zero attached hydrogens (tertiary/aromatic N) is 2. The van der Waals surface area contributed by atoms with Crippen molar-refractivity contribution in [3.05, 3.63) is 39.7 Å². The number of ether oxygens (including phenoxy) is 1. The molecular weight excluding hydrogens is 379 g/mol. The van der Waals surface area contributed by atoms with Gasteiger partial charge in [-0.15, -0.1) is 0 Å². The van der Waals surface area contributed by atoms with Crippen molar-refractivity contribution in [1.29, 1.82) is 0 Å². The Bertz CT molecular complexity index is 592. The first-order chi connectivity index (χ1) is 10.2. The fraction of sp³-hybridized carbons (Fsp3) is 0.333. The molecule has 0 bridgehead atoms. The molecular formula is C15H19IN4O.